The molecule has 2 rings (SSSR count). The molecule has 0 saturated carbocycles. The number of hydrogen-bond acceptors (Lipinski definition) is 8. The highest BCUT2D eigenvalue weighted by Gasteiger charge is 2.19. The van der Waals surface area contributed by atoms with Gasteiger partial charge >= 0.3 is 6.03 Å². The van der Waals surface area contributed by atoms with Gasteiger partial charge in [-0.25, -0.2) is 21.5 Å². The van der Waals surface area contributed by atoms with E-state index in [9.17, 15) is 4.79 Å². The lowest BCUT2D eigenvalue weighted by Crippen LogP contribution is -2.49. The van der Waals surface area contributed by atoms with E-state index in [2.05, 4.69) is 15.4 Å². The summed E-state index contributed by atoms with van der Waals surface area (Å²) in [4.78, 5) is 17.6. The number of aryl methyl sites for hydroxylation is 1. The highest BCUT2D eigenvalue weighted by Crippen LogP contribution is 2.23. The number of carbonyl (C=O) groups is 1. The molecule has 2 amide bonds. The van der Waals surface area contributed by atoms with Crippen LogP contribution in [0.2, 0.25) is 0 Å². The SMILES string of the molecule is CCC(=NN=C(C)/C(C)=N\OCc1ccccc1)OCc1c(C)cccc1N(N)C(=O)N(C)N. The summed E-state index contributed by atoms with van der Waals surface area (Å²) in [5.74, 6) is 12.0. The number of ether oxygens (including phenoxy) is 1. The third-order valence-corrected chi connectivity index (χ3v) is 4.95. The average molecular weight is 468 g/mol. The summed E-state index contributed by atoms with van der Waals surface area (Å²) in [6, 6.07) is 14.7. The molecule has 182 valence electrons. The van der Waals surface area contributed by atoms with Crippen molar-refractivity contribution in [2.75, 3.05) is 12.1 Å². The molecule has 0 unspecified atom stereocenters. The van der Waals surface area contributed by atoms with Crippen molar-refractivity contribution in [3.8, 4) is 0 Å². The largest absolute Gasteiger partial charge is 0.475 e. The van der Waals surface area contributed by atoms with E-state index in [0.29, 0.717) is 36.0 Å². The highest BCUT2D eigenvalue weighted by atomic mass is 16.6. The van der Waals surface area contributed by atoms with Crippen LogP contribution in [0.25, 0.3) is 0 Å². The molecule has 0 aromatic heterocycles. The number of oxime groups is 1. The number of carbonyl (C=O) groups excluding carboxylic acids is 1. The fraction of sp³-hybridized carbons (Fsp3) is 0.333. The molecule has 4 N–H and O–H groups in total. The third-order valence-electron chi connectivity index (χ3n) is 4.95. The molecule has 0 spiro atoms. The lowest BCUT2D eigenvalue weighted by molar-refractivity contribution is 0.131. The van der Waals surface area contributed by atoms with Gasteiger partial charge in [-0.05, 0) is 38.0 Å². The first kappa shape index (κ1) is 26.5. The maximum atomic E-state index is 12.2. The van der Waals surface area contributed by atoms with Gasteiger partial charge in [0, 0.05) is 19.0 Å². The van der Waals surface area contributed by atoms with Gasteiger partial charge in [0.05, 0.1) is 17.1 Å². The number of nitrogens with zero attached hydrogens (tertiary/aromatic N) is 5. The molecule has 0 aliphatic heterocycles. The van der Waals surface area contributed by atoms with E-state index in [0.717, 1.165) is 26.7 Å². The Morgan fingerprint density at radius 2 is 1.68 bits per heavy atom. The zero-order valence-corrected chi connectivity index (χ0v) is 20.4. The van der Waals surface area contributed by atoms with Crippen molar-refractivity contribution >= 4 is 29.0 Å². The molecule has 2 aromatic carbocycles. The maximum absolute atomic E-state index is 12.2. The van der Waals surface area contributed by atoms with Crippen LogP contribution in [0.3, 0.4) is 0 Å². The summed E-state index contributed by atoms with van der Waals surface area (Å²) in [6.07, 6.45) is 0.523. The molecule has 0 bridgehead atoms. The van der Waals surface area contributed by atoms with Gasteiger partial charge in [0.15, 0.2) is 0 Å². The van der Waals surface area contributed by atoms with Gasteiger partial charge in [0.25, 0.3) is 0 Å². The number of rotatable bonds is 9. The number of hydrazine groups is 2. The standard InChI is InChI=1S/C24H33N7O3/c1-6-23(28-27-18(3)19(4)29-34-15-20-12-8-7-9-13-20)33-16-21-17(2)11-10-14-22(21)31(26)24(32)30(5)25/h7-14H,6,15-16,25-26H2,1-5H3/b27-18?,28-23?,29-19-. The lowest BCUT2D eigenvalue weighted by Gasteiger charge is -2.24. The summed E-state index contributed by atoms with van der Waals surface area (Å²) in [5, 5.41) is 14.4. The van der Waals surface area contributed by atoms with Crippen LogP contribution in [-0.2, 0) is 22.8 Å². The second kappa shape index (κ2) is 13.1. The Hall–Kier alpha value is -3.76. The van der Waals surface area contributed by atoms with Crippen molar-refractivity contribution in [1.29, 1.82) is 0 Å². The van der Waals surface area contributed by atoms with Crippen molar-refractivity contribution in [2.24, 2.45) is 27.0 Å². The summed E-state index contributed by atoms with van der Waals surface area (Å²) < 4.78 is 5.89. The molecular formula is C24H33N7O3. The summed E-state index contributed by atoms with van der Waals surface area (Å²) in [5.41, 5.74) is 4.39. The van der Waals surface area contributed by atoms with Crippen molar-refractivity contribution in [3.05, 3.63) is 65.2 Å². The maximum Gasteiger partial charge on any atom is 0.352 e. The first-order chi connectivity index (χ1) is 16.2. The summed E-state index contributed by atoms with van der Waals surface area (Å²) in [7, 11) is 1.42. The van der Waals surface area contributed by atoms with E-state index in [1.807, 2.05) is 56.3 Å². The first-order valence-electron chi connectivity index (χ1n) is 10.8. The Balaban J connectivity index is 2.07. The Kier molecular flexibility index (Phi) is 10.2. The minimum Gasteiger partial charge on any atom is -0.475 e. The van der Waals surface area contributed by atoms with Crippen molar-refractivity contribution in [2.45, 2.75) is 47.3 Å². The van der Waals surface area contributed by atoms with Gasteiger partial charge in [0.1, 0.15) is 13.2 Å². The fourth-order valence-electron chi connectivity index (χ4n) is 2.78. The normalized spacial score (nSPS) is 12.4. The quantitative estimate of drug-likeness (QED) is 0.190. The average Bonchev–Trinajstić information content (AvgIpc) is 2.84. The summed E-state index contributed by atoms with van der Waals surface area (Å²) >= 11 is 0. The number of hydrogen-bond donors (Lipinski definition) is 2. The molecule has 10 nitrogen and oxygen atoms in total. The molecule has 2 aromatic rings. The Morgan fingerprint density at radius 3 is 2.32 bits per heavy atom. The second-order valence-electron chi connectivity index (χ2n) is 7.59. The molecule has 0 fully saturated rings. The van der Waals surface area contributed by atoms with E-state index in [1.165, 1.54) is 7.05 Å². The topological polar surface area (TPSA) is 131 Å². The minimum absolute atomic E-state index is 0.159. The van der Waals surface area contributed by atoms with Gasteiger partial charge in [-0.15, -0.1) is 5.10 Å². The predicted molar refractivity (Wildman–Crippen MR) is 135 cm³/mol. The number of nitrogens with two attached hydrogens (primary N) is 2. The monoisotopic (exact) mass is 467 g/mol. The number of anilines is 1. The van der Waals surface area contributed by atoms with E-state index in [4.69, 9.17) is 21.3 Å². The van der Waals surface area contributed by atoms with E-state index in [-0.39, 0.29) is 6.61 Å². The minimum atomic E-state index is -0.555. The van der Waals surface area contributed by atoms with Gasteiger partial charge < -0.3 is 9.57 Å². The Bertz CT molecular complexity index is 1050. The highest BCUT2D eigenvalue weighted by molar-refractivity contribution is 6.40. The smallest absolute Gasteiger partial charge is 0.352 e. The predicted octanol–water partition coefficient (Wildman–Crippen LogP) is 3.89. The van der Waals surface area contributed by atoms with E-state index < -0.39 is 6.03 Å². The number of benzene rings is 2. The van der Waals surface area contributed by atoms with Crippen LogP contribution in [0.5, 0.6) is 0 Å². The van der Waals surface area contributed by atoms with E-state index >= 15 is 0 Å². The van der Waals surface area contributed by atoms with Crippen molar-refractivity contribution in [3.63, 3.8) is 0 Å². The molecule has 0 aliphatic carbocycles. The molecule has 0 atom stereocenters. The van der Waals surface area contributed by atoms with Gasteiger partial charge in [0.2, 0.25) is 5.90 Å². The van der Waals surface area contributed by atoms with E-state index in [1.54, 1.807) is 19.9 Å². The molecule has 0 saturated heterocycles. The second-order valence-corrected chi connectivity index (χ2v) is 7.59. The van der Waals surface area contributed by atoms with Gasteiger partial charge in [-0.3, -0.25) is 5.01 Å². The third kappa shape index (κ3) is 7.68. The molecule has 0 radical (unpaired) electrons. The summed E-state index contributed by atoms with van der Waals surface area (Å²) in [6.45, 7) is 7.94. The molecule has 34 heavy (non-hydrogen) atoms. The lowest BCUT2D eigenvalue weighted by atomic mass is 10.1. The number of urea groups is 1. The van der Waals surface area contributed by atoms with Crippen LogP contribution in [0.1, 0.15) is 43.9 Å². The zero-order chi connectivity index (χ0) is 25.1. The Morgan fingerprint density at radius 1 is 0.971 bits per heavy atom. The first-order valence-corrected chi connectivity index (χ1v) is 10.8. The molecule has 0 heterocycles. The van der Waals surface area contributed by atoms with Crippen LogP contribution in [0, 0.1) is 6.92 Å². The molecule has 10 heteroatoms. The van der Waals surface area contributed by atoms with Crippen molar-refractivity contribution < 1.29 is 14.4 Å². The fourth-order valence-corrected chi connectivity index (χ4v) is 2.78. The molecule has 0 aliphatic rings. The van der Waals surface area contributed by atoms with Crippen LogP contribution in [-0.4, -0.2) is 35.4 Å². The Labute approximate surface area is 200 Å². The van der Waals surface area contributed by atoms with Crippen molar-refractivity contribution in [1.82, 2.24) is 5.01 Å². The zero-order valence-electron chi connectivity index (χ0n) is 20.4. The van der Waals surface area contributed by atoms with Crippen LogP contribution in [0.15, 0.2) is 63.9 Å². The van der Waals surface area contributed by atoms with Gasteiger partial charge in [-0.2, -0.15) is 5.10 Å². The van der Waals surface area contributed by atoms with Crippen LogP contribution >= 0.6 is 0 Å². The molecular weight excluding hydrogens is 434 g/mol. The van der Waals surface area contributed by atoms with Crippen LogP contribution < -0.4 is 16.7 Å². The van der Waals surface area contributed by atoms with Crippen LogP contribution in [0.4, 0.5) is 10.5 Å². The number of amides is 2. The van der Waals surface area contributed by atoms with Gasteiger partial charge in [-0.1, -0.05) is 54.5 Å².